The highest BCUT2D eigenvalue weighted by Gasteiger charge is 2.12. The van der Waals surface area contributed by atoms with E-state index >= 15 is 0 Å². The number of carbonyl (C=O) groups excluding carboxylic acids is 4. The van der Waals surface area contributed by atoms with Crippen molar-refractivity contribution in [3.05, 3.63) is 46.7 Å². The molecule has 0 aliphatic heterocycles. The first-order valence-corrected chi connectivity index (χ1v) is 11.0. The first kappa shape index (κ1) is 22.6. The molecule has 0 saturated carbocycles. The van der Waals surface area contributed by atoms with Crippen LogP contribution in [0.5, 0.6) is 0 Å². The summed E-state index contributed by atoms with van der Waals surface area (Å²) in [5.74, 6) is -1.42. The van der Waals surface area contributed by atoms with Gasteiger partial charge in [-0.2, -0.15) is 0 Å². The van der Waals surface area contributed by atoms with Crippen molar-refractivity contribution in [3.63, 3.8) is 0 Å². The van der Waals surface area contributed by atoms with Crippen LogP contribution in [0.1, 0.15) is 28.9 Å². The van der Waals surface area contributed by atoms with Gasteiger partial charge >= 0.3 is 5.97 Å². The number of rotatable bonds is 11. The van der Waals surface area contributed by atoms with E-state index in [2.05, 4.69) is 10.6 Å². The molecule has 0 saturated heterocycles. The number of esters is 1. The predicted octanol–water partition coefficient (Wildman–Crippen LogP) is 3.12. The lowest BCUT2D eigenvalue weighted by molar-refractivity contribution is -0.147. The van der Waals surface area contributed by atoms with Gasteiger partial charge in [-0.25, -0.2) is 0 Å². The van der Waals surface area contributed by atoms with Gasteiger partial charge in [0.25, 0.3) is 5.91 Å². The number of ether oxygens (including phenoxy) is 1. The molecule has 0 atom stereocenters. The molecule has 2 N–H and O–H groups in total. The van der Waals surface area contributed by atoms with E-state index in [0.717, 1.165) is 4.90 Å². The van der Waals surface area contributed by atoms with Gasteiger partial charge in [-0.1, -0.05) is 12.1 Å². The van der Waals surface area contributed by atoms with Crippen LogP contribution >= 0.6 is 23.1 Å². The van der Waals surface area contributed by atoms with Gasteiger partial charge in [0.05, 0.1) is 11.3 Å². The largest absolute Gasteiger partial charge is 0.456 e. The van der Waals surface area contributed by atoms with Crippen LogP contribution in [-0.2, 0) is 19.1 Å². The van der Waals surface area contributed by atoms with Crippen LogP contribution in [0.15, 0.2) is 46.7 Å². The molecule has 0 fully saturated rings. The molecule has 2 aromatic rings. The Morgan fingerprint density at radius 2 is 1.86 bits per heavy atom. The third-order valence-corrected chi connectivity index (χ3v) is 5.38. The molecule has 29 heavy (non-hydrogen) atoms. The number of benzene rings is 1. The van der Waals surface area contributed by atoms with Crippen molar-refractivity contribution < 1.29 is 23.9 Å². The van der Waals surface area contributed by atoms with E-state index in [0.29, 0.717) is 10.6 Å². The second-order valence-electron chi connectivity index (χ2n) is 5.94. The van der Waals surface area contributed by atoms with Crippen LogP contribution in [0.25, 0.3) is 0 Å². The van der Waals surface area contributed by atoms with Gasteiger partial charge < -0.3 is 15.4 Å². The maximum Gasteiger partial charge on any atom is 0.308 e. The van der Waals surface area contributed by atoms with Gasteiger partial charge in [0.2, 0.25) is 5.91 Å². The Bertz CT molecular complexity index is 852. The second kappa shape index (κ2) is 12.0. The van der Waals surface area contributed by atoms with Crippen LogP contribution in [-0.4, -0.2) is 43.0 Å². The zero-order chi connectivity index (χ0) is 21.1. The summed E-state index contributed by atoms with van der Waals surface area (Å²) in [4.78, 5) is 48.7. The minimum absolute atomic E-state index is 0.0557. The molecule has 1 aromatic heterocycles. The zero-order valence-corrected chi connectivity index (χ0v) is 17.6. The lowest BCUT2D eigenvalue weighted by Crippen LogP contribution is -2.28. The minimum atomic E-state index is -0.590. The molecule has 0 aliphatic rings. The van der Waals surface area contributed by atoms with E-state index in [1.165, 1.54) is 11.3 Å². The molecule has 9 heteroatoms. The first-order valence-electron chi connectivity index (χ1n) is 8.91. The molecule has 7 nitrogen and oxygen atoms in total. The summed E-state index contributed by atoms with van der Waals surface area (Å²) in [6, 6.07) is 10.8. The fourth-order valence-electron chi connectivity index (χ4n) is 2.30. The van der Waals surface area contributed by atoms with E-state index in [-0.39, 0.29) is 37.5 Å². The molecule has 0 aliphatic carbocycles. The van der Waals surface area contributed by atoms with Crippen molar-refractivity contribution in [2.75, 3.05) is 24.7 Å². The summed E-state index contributed by atoms with van der Waals surface area (Å²) in [6.45, 7) is -0.312. The average molecular weight is 435 g/mol. The molecule has 2 rings (SSSR count). The van der Waals surface area contributed by atoms with E-state index in [4.69, 9.17) is 4.74 Å². The van der Waals surface area contributed by atoms with Crippen molar-refractivity contribution in [2.45, 2.75) is 24.2 Å². The first-order chi connectivity index (χ1) is 14.0. The van der Waals surface area contributed by atoms with Gasteiger partial charge in [0.15, 0.2) is 12.4 Å². The molecule has 2 amide bonds. The summed E-state index contributed by atoms with van der Waals surface area (Å²) in [5, 5.41) is 7.02. The molecule has 0 unspecified atom stereocenters. The summed E-state index contributed by atoms with van der Waals surface area (Å²) in [5.41, 5.74) is 0.627. The number of hydrogen-bond acceptors (Lipinski definition) is 7. The highest BCUT2D eigenvalue weighted by molar-refractivity contribution is 7.98. The lowest BCUT2D eigenvalue weighted by atomic mass is 10.2. The Kier molecular flexibility index (Phi) is 9.39. The summed E-state index contributed by atoms with van der Waals surface area (Å²) < 4.78 is 4.90. The quantitative estimate of drug-likeness (QED) is 0.320. The Labute approximate surface area is 177 Å². The lowest BCUT2D eigenvalue weighted by Gasteiger charge is -2.08. The van der Waals surface area contributed by atoms with Gasteiger partial charge in [0.1, 0.15) is 0 Å². The Hall–Kier alpha value is -2.65. The van der Waals surface area contributed by atoms with Crippen LogP contribution in [0.2, 0.25) is 0 Å². The van der Waals surface area contributed by atoms with Crippen LogP contribution in [0, 0.1) is 0 Å². The van der Waals surface area contributed by atoms with Crippen molar-refractivity contribution in [1.82, 2.24) is 5.32 Å². The standard InChI is InChI=1S/C20H22N2O5S2/c1-28-15-5-2-4-14(12-15)22-19(25)13-27-20(26)9-10-21-18(24)8-7-16(23)17-6-3-11-29-17/h2-6,11-12H,7-10,13H2,1H3,(H,21,24)(H,22,25). The number of carbonyl (C=O) groups is 4. The van der Waals surface area contributed by atoms with Crippen molar-refractivity contribution >= 4 is 52.4 Å². The van der Waals surface area contributed by atoms with Crippen LogP contribution in [0.3, 0.4) is 0 Å². The number of amides is 2. The maximum atomic E-state index is 11.8. The van der Waals surface area contributed by atoms with Crippen molar-refractivity contribution in [2.24, 2.45) is 0 Å². The van der Waals surface area contributed by atoms with Gasteiger partial charge in [0, 0.05) is 30.0 Å². The highest BCUT2D eigenvalue weighted by Crippen LogP contribution is 2.18. The van der Waals surface area contributed by atoms with Crippen LogP contribution in [0.4, 0.5) is 5.69 Å². The Morgan fingerprint density at radius 3 is 2.59 bits per heavy atom. The number of thioether (sulfide) groups is 1. The average Bonchev–Trinajstić information content (AvgIpc) is 3.25. The molecule has 0 bridgehead atoms. The molecule has 154 valence electrons. The fraction of sp³-hybridized carbons (Fsp3) is 0.300. The fourth-order valence-corrected chi connectivity index (χ4v) is 3.45. The van der Waals surface area contributed by atoms with Crippen molar-refractivity contribution in [3.8, 4) is 0 Å². The summed E-state index contributed by atoms with van der Waals surface area (Å²) in [6.07, 6.45) is 2.06. The number of nitrogens with one attached hydrogen (secondary N) is 2. The SMILES string of the molecule is CSc1cccc(NC(=O)COC(=O)CCNC(=O)CCC(=O)c2cccs2)c1. The van der Waals surface area contributed by atoms with Gasteiger partial charge in [-0.15, -0.1) is 23.1 Å². The number of ketones is 1. The van der Waals surface area contributed by atoms with E-state index in [1.54, 1.807) is 35.3 Å². The summed E-state index contributed by atoms with van der Waals surface area (Å²) >= 11 is 2.89. The van der Waals surface area contributed by atoms with Gasteiger partial charge in [-0.05, 0) is 35.9 Å². The zero-order valence-electron chi connectivity index (χ0n) is 15.9. The molecular weight excluding hydrogens is 412 g/mol. The smallest absolute Gasteiger partial charge is 0.308 e. The third-order valence-electron chi connectivity index (χ3n) is 3.74. The Balaban J connectivity index is 1.58. The minimum Gasteiger partial charge on any atom is -0.456 e. The molecule has 1 heterocycles. The maximum absolute atomic E-state index is 11.8. The Morgan fingerprint density at radius 1 is 1.03 bits per heavy atom. The predicted molar refractivity (Wildman–Crippen MR) is 113 cm³/mol. The van der Waals surface area contributed by atoms with E-state index in [9.17, 15) is 19.2 Å². The van der Waals surface area contributed by atoms with E-state index < -0.39 is 18.5 Å². The summed E-state index contributed by atoms with van der Waals surface area (Å²) in [7, 11) is 0. The molecule has 1 aromatic carbocycles. The molecular formula is C20H22N2O5S2. The third kappa shape index (κ3) is 8.49. The van der Waals surface area contributed by atoms with Crippen LogP contribution < -0.4 is 10.6 Å². The number of anilines is 1. The molecule has 0 spiro atoms. The number of hydrogen-bond donors (Lipinski definition) is 2. The topological polar surface area (TPSA) is 102 Å². The monoisotopic (exact) mass is 434 g/mol. The highest BCUT2D eigenvalue weighted by atomic mass is 32.2. The normalized spacial score (nSPS) is 10.2. The van der Waals surface area contributed by atoms with E-state index in [1.807, 2.05) is 24.5 Å². The number of Topliss-reactive ketones (excluding diaryl/α,β-unsaturated/α-hetero) is 1. The number of thiophene rings is 1. The van der Waals surface area contributed by atoms with Gasteiger partial charge in [-0.3, -0.25) is 19.2 Å². The second-order valence-corrected chi connectivity index (χ2v) is 7.77. The molecule has 0 radical (unpaired) electrons. The van der Waals surface area contributed by atoms with Crippen molar-refractivity contribution in [1.29, 1.82) is 0 Å².